The van der Waals surface area contributed by atoms with E-state index in [1.807, 2.05) is 24.3 Å². The highest BCUT2D eigenvalue weighted by Gasteiger charge is 2.24. The first-order chi connectivity index (χ1) is 12.3. The highest BCUT2D eigenvalue weighted by molar-refractivity contribution is 5.78. The molecular weight excluding hydrogens is 316 g/mol. The Labute approximate surface area is 145 Å². The minimum atomic E-state index is 0.0482. The summed E-state index contributed by atoms with van der Waals surface area (Å²) in [5.74, 6) is 0.572. The van der Waals surface area contributed by atoms with Crippen LogP contribution in [-0.2, 0) is 11.3 Å². The van der Waals surface area contributed by atoms with E-state index in [9.17, 15) is 4.79 Å². The predicted molar refractivity (Wildman–Crippen MR) is 93.9 cm³/mol. The Bertz CT molecular complexity index is 862. The zero-order valence-corrected chi connectivity index (χ0v) is 13.9. The van der Waals surface area contributed by atoms with Gasteiger partial charge in [0.05, 0.1) is 6.54 Å². The van der Waals surface area contributed by atoms with Gasteiger partial charge in [0.2, 0.25) is 5.91 Å². The van der Waals surface area contributed by atoms with Crippen LogP contribution in [0, 0.1) is 0 Å². The van der Waals surface area contributed by atoms with Gasteiger partial charge in [-0.3, -0.25) is 9.69 Å². The summed E-state index contributed by atoms with van der Waals surface area (Å²) in [6.45, 7) is 2.83. The van der Waals surface area contributed by atoms with Crippen molar-refractivity contribution in [2.24, 2.45) is 0 Å². The Hall–Kier alpha value is -2.73. The number of hydrogen-bond acceptors (Lipinski definition) is 5. The van der Waals surface area contributed by atoms with Gasteiger partial charge in [0.25, 0.3) is 0 Å². The molecule has 6 nitrogen and oxygen atoms in total. The van der Waals surface area contributed by atoms with Crippen LogP contribution in [0.2, 0.25) is 0 Å². The van der Waals surface area contributed by atoms with E-state index in [1.165, 1.54) is 5.56 Å². The van der Waals surface area contributed by atoms with Gasteiger partial charge in [0.1, 0.15) is 11.0 Å². The number of nitrogens with zero attached hydrogens (tertiary/aromatic N) is 3. The van der Waals surface area contributed by atoms with Gasteiger partial charge in [-0.25, -0.2) is 4.63 Å². The summed E-state index contributed by atoms with van der Waals surface area (Å²) in [6, 6.07) is 16.2. The molecule has 0 aliphatic carbocycles. The van der Waals surface area contributed by atoms with Crippen LogP contribution in [0.1, 0.15) is 23.5 Å². The molecule has 1 fully saturated rings. The van der Waals surface area contributed by atoms with Crippen LogP contribution in [0.15, 0.2) is 53.2 Å². The van der Waals surface area contributed by atoms with Crippen LogP contribution in [0.3, 0.4) is 0 Å². The summed E-state index contributed by atoms with van der Waals surface area (Å²) in [4.78, 5) is 14.4. The topological polar surface area (TPSA) is 71.3 Å². The first-order valence-electron chi connectivity index (χ1n) is 8.53. The van der Waals surface area contributed by atoms with Crippen LogP contribution in [0.25, 0.3) is 11.0 Å². The Kier molecular flexibility index (Phi) is 4.43. The first-order valence-corrected chi connectivity index (χ1v) is 8.53. The predicted octanol–water partition coefficient (Wildman–Crippen LogP) is 2.33. The van der Waals surface area contributed by atoms with Crippen molar-refractivity contribution in [3.8, 4) is 0 Å². The molecule has 6 heteroatoms. The van der Waals surface area contributed by atoms with Gasteiger partial charge >= 0.3 is 0 Å². The second-order valence-corrected chi connectivity index (χ2v) is 6.50. The normalized spacial score (nSPS) is 17.8. The molecule has 0 radical (unpaired) electrons. The van der Waals surface area contributed by atoms with Crippen molar-refractivity contribution in [3.05, 3.63) is 59.7 Å². The smallest absolute Gasteiger partial charge is 0.234 e. The molecule has 25 heavy (non-hydrogen) atoms. The number of carbonyl (C=O) groups is 1. The van der Waals surface area contributed by atoms with E-state index in [4.69, 9.17) is 0 Å². The number of hydrogen-bond donors (Lipinski definition) is 1. The van der Waals surface area contributed by atoms with Crippen molar-refractivity contribution in [1.82, 2.24) is 20.5 Å². The molecule has 0 spiro atoms. The third-order valence-corrected chi connectivity index (χ3v) is 4.72. The van der Waals surface area contributed by atoms with E-state index in [0.29, 0.717) is 24.5 Å². The number of fused-ring (bicyclic) bond motifs is 1. The lowest BCUT2D eigenvalue weighted by Gasteiger charge is -2.16. The van der Waals surface area contributed by atoms with Gasteiger partial charge in [-0.1, -0.05) is 36.4 Å². The molecule has 2 heterocycles. The molecule has 1 saturated heterocycles. The van der Waals surface area contributed by atoms with Crippen LogP contribution in [0.5, 0.6) is 0 Å². The summed E-state index contributed by atoms with van der Waals surface area (Å²) in [5.41, 5.74) is 3.77. The van der Waals surface area contributed by atoms with Crippen molar-refractivity contribution in [1.29, 1.82) is 0 Å². The average Bonchev–Trinajstić information content (AvgIpc) is 3.29. The lowest BCUT2D eigenvalue weighted by atomic mass is 9.99. The quantitative estimate of drug-likeness (QED) is 0.774. The largest absolute Gasteiger partial charge is 0.351 e. The molecule has 4 rings (SSSR count). The standard InChI is InChI=1S/C19H20N4O2/c24-19(20-11-14-6-7-17-18(10-14)22-25-21-17)13-23-9-8-16(12-23)15-4-2-1-3-5-15/h1-7,10,16H,8-9,11-13H2,(H,20,24). The molecular formula is C19H20N4O2. The molecule has 3 aromatic rings. The van der Waals surface area contributed by atoms with Crippen molar-refractivity contribution in [2.45, 2.75) is 18.9 Å². The van der Waals surface area contributed by atoms with Crippen molar-refractivity contribution >= 4 is 16.9 Å². The minimum Gasteiger partial charge on any atom is -0.351 e. The van der Waals surface area contributed by atoms with E-state index >= 15 is 0 Å². The SMILES string of the molecule is O=C(CN1CCC(c2ccccc2)C1)NCc1ccc2nonc2c1. The highest BCUT2D eigenvalue weighted by atomic mass is 16.6. The molecule has 1 aliphatic heterocycles. The fourth-order valence-electron chi connectivity index (χ4n) is 3.37. The van der Waals surface area contributed by atoms with Crippen molar-refractivity contribution in [2.75, 3.05) is 19.6 Å². The summed E-state index contributed by atoms with van der Waals surface area (Å²) in [5, 5.41) is 10.6. The number of carbonyl (C=O) groups excluding carboxylic acids is 1. The van der Waals surface area contributed by atoms with Crippen LogP contribution < -0.4 is 5.32 Å². The second-order valence-electron chi connectivity index (χ2n) is 6.50. The Morgan fingerprint density at radius 3 is 2.88 bits per heavy atom. The van der Waals surface area contributed by atoms with Crippen molar-refractivity contribution < 1.29 is 9.42 Å². The summed E-state index contributed by atoms with van der Waals surface area (Å²) < 4.78 is 4.69. The molecule has 0 saturated carbocycles. The molecule has 0 bridgehead atoms. The fourth-order valence-corrected chi connectivity index (χ4v) is 3.37. The first kappa shape index (κ1) is 15.8. The zero-order chi connectivity index (χ0) is 17.1. The Balaban J connectivity index is 1.28. The number of aromatic nitrogens is 2. The van der Waals surface area contributed by atoms with Crippen LogP contribution in [-0.4, -0.2) is 40.8 Å². The van der Waals surface area contributed by atoms with Crippen molar-refractivity contribution in [3.63, 3.8) is 0 Å². The molecule has 128 valence electrons. The number of amides is 1. The molecule has 1 amide bonds. The van der Waals surface area contributed by atoms with Gasteiger partial charge in [0, 0.05) is 13.1 Å². The second kappa shape index (κ2) is 7.03. The summed E-state index contributed by atoms with van der Waals surface area (Å²) in [6.07, 6.45) is 1.10. The van der Waals surface area contributed by atoms with Gasteiger partial charge in [-0.15, -0.1) is 0 Å². The van der Waals surface area contributed by atoms with Crippen LogP contribution in [0.4, 0.5) is 0 Å². The Morgan fingerprint density at radius 2 is 2.00 bits per heavy atom. The third kappa shape index (κ3) is 3.69. The van der Waals surface area contributed by atoms with E-state index in [0.717, 1.165) is 30.6 Å². The molecule has 1 unspecified atom stereocenters. The fraction of sp³-hybridized carbons (Fsp3) is 0.316. The number of nitrogens with one attached hydrogen (secondary N) is 1. The van der Waals surface area contributed by atoms with E-state index in [1.54, 1.807) is 0 Å². The molecule has 1 aliphatic rings. The van der Waals surface area contributed by atoms with E-state index < -0.39 is 0 Å². The van der Waals surface area contributed by atoms with E-state index in [-0.39, 0.29) is 5.91 Å². The van der Waals surface area contributed by atoms with Gasteiger partial charge in [0.15, 0.2) is 0 Å². The summed E-state index contributed by atoms with van der Waals surface area (Å²) >= 11 is 0. The lowest BCUT2D eigenvalue weighted by molar-refractivity contribution is -0.122. The molecule has 1 aromatic heterocycles. The molecule has 1 atom stereocenters. The maximum atomic E-state index is 12.2. The lowest BCUT2D eigenvalue weighted by Crippen LogP contribution is -2.35. The Morgan fingerprint density at radius 1 is 1.16 bits per heavy atom. The maximum absolute atomic E-state index is 12.2. The summed E-state index contributed by atoms with van der Waals surface area (Å²) in [7, 11) is 0. The zero-order valence-electron chi connectivity index (χ0n) is 13.9. The van der Waals surface area contributed by atoms with E-state index in [2.05, 4.69) is 49.4 Å². The van der Waals surface area contributed by atoms with Gasteiger partial charge in [-0.2, -0.15) is 0 Å². The average molecular weight is 336 g/mol. The molecule has 2 aromatic carbocycles. The molecule has 1 N–H and O–H groups in total. The maximum Gasteiger partial charge on any atom is 0.234 e. The number of rotatable bonds is 5. The van der Waals surface area contributed by atoms with Crippen LogP contribution >= 0.6 is 0 Å². The van der Waals surface area contributed by atoms with Gasteiger partial charge in [-0.05, 0) is 52.5 Å². The highest BCUT2D eigenvalue weighted by Crippen LogP contribution is 2.26. The third-order valence-electron chi connectivity index (χ3n) is 4.72. The monoisotopic (exact) mass is 336 g/mol. The van der Waals surface area contributed by atoms with Gasteiger partial charge < -0.3 is 5.32 Å². The number of likely N-dealkylation sites (tertiary alicyclic amines) is 1. The number of benzene rings is 2. The minimum absolute atomic E-state index is 0.0482.